The summed E-state index contributed by atoms with van der Waals surface area (Å²) in [5.74, 6) is 0. The van der Waals surface area contributed by atoms with E-state index in [2.05, 4.69) is 60.1 Å². The van der Waals surface area contributed by atoms with E-state index in [1.165, 1.54) is 0 Å². The maximum atomic E-state index is 2.67. The molecule has 1 aliphatic heterocycles. The van der Waals surface area contributed by atoms with E-state index >= 15 is 0 Å². The molecule has 1 aliphatic rings. The maximum Gasteiger partial charge on any atom is 0.0674 e. The van der Waals surface area contributed by atoms with Crippen LogP contribution in [-0.4, -0.2) is 60.1 Å². The molecule has 0 atom stereocenters. The number of rotatable bonds is 0. The van der Waals surface area contributed by atoms with Crippen LogP contribution in [0.15, 0.2) is 0 Å². The predicted octanol–water partition coefficient (Wildman–Crippen LogP) is 2.43. The average Bonchev–Trinajstić information content (AvgIpc) is 1.44. The minimum absolute atomic E-state index is 0.762. The molecule has 0 N–H and O–H groups in total. The maximum absolute atomic E-state index is 2.67. The standard InChI is InChI=1S/C6H18B3P3/c1-10(2)7-11(3,4)9-12(5,6)8-10/h1-6H3. The number of hydrogen-bond acceptors (Lipinski definition) is 0. The second kappa shape index (κ2) is 3.26. The molecule has 0 saturated carbocycles. The Bertz CT molecular complexity index is 145. The third-order valence-corrected chi connectivity index (χ3v) is 16.1. The molecule has 0 bridgehead atoms. The molecule has 6 radical (unpaired) electrons. The monoisotopic (exact) mass is 216 g/mol. The molecule has 0 unspecified atom stereocenters. The lowest BCUT2D eigenvalue weighted by molar-refractivity contribution is 2.20. The van der Waals surface area contributed by atoms with Crippen LogP contribution < -0.4 is 0 Å². The van der Waals surface area contributed by atoms with E-state index in [9.17, 15) is 0 Å². The summed E-state index contributed by atoms with van der Waals surface area (Å²) in [5, 5.41) is 0. The smallest absolute Gasteiger partial charge is 0.0674 e. The van der Waals surface area contributed by atoms with Gasteiger partial charge in [-0.2, -0.15) is 0 Å². The summed E-state index contributed by atoms with van der Waals surface area (Å²) < 4.78 is 0. The highest BCUT2D eigenvalue weighted by atomic mass is 31.3. The summed E-state index contributed by atoms with van der Waals surface area (Å²) in [6, 6.07) is 0. The normalized spacial score (nSPS) is 31.5. The Labute approximate surface area is 81.5 Å². The van der Waals surface area contributed by atoms with Crippen LogP contribution in [0.2, 0.25) is 0 Å². The molecule has 0 nitrogen and oxygen atoms in total. The lowest BCUT2D eigenvalue weighted by Gasteiger charge is -2.62. The average molecular weight is 216 g/mol. The van der Waals surface area contributed by atoms with Crippen LogP contribution >= 0.6 is 21.1 Å². The summed E-state index contributed by atoms with van der Waals surface area (Å²) in [7, 11) is -2.29. The quantitative estimate of drug-likeness (QED) is 0.430. The van der Waals surface area contributed by atoms with Crippen LogP contribution in [-0.2, 0) is 0 Å². The fraction of sp³-hybridized carbons (Fsp3) is 1.00. The van der Waals surface area contributed by atoms with Gasteiger partial charge < -0.3 is 21.1 Å². The molecule has 0 aromatic rings. The fourth-order valence-electron chi connectivity index (χ4n) is 2.39. The first kappa shape index (κ1) is 11.6. The van der Waals surface area contributed by atoms with Crippen molar-refractivity contribution in [1.29, 1.82) is 0 Å². The molecule has 1 saturated heterocycles. The Morgan fingerprint density at radius 1 is 0.500 bits per heavy atom. The lowest BCUT2D eigenvalue weighted by Crippen LogP contribution is -2.25. The van der Waals surface area contributed by atoms with Gasteiger partial charge in [0.05, 0.1) is 20.2 Å². The second-order valence-corrected chi connectivity index (χ2v) is 17.8. The van der Waals surface area contributed by atoms with Crippen LogP contribution in [0.3, 0.4) is 0 Å². The van der Waals surface area contributed by atoms with Crippen LogP contribution in [0, 0.1) is 0 Å². The molecular formula is C6H18B3P3. The second-order valence-electron chi connectivity index (χ2n) is 5.23. The van der Waals surface area contributed by atoms with Crippen molar-refractivity contribution in [2.24, 2.45) is 0 Å². The Morgan fingerprint density at radius 3 is 0.833 bits per heavy atom. The molecule has 0 aromatic heterocycles. The Hall–Kier alpha value is 1.48. The van der Waals surface area contributed by atoms with Crippen molar-refractivity contribution >= 4 is 41.2 Å². The van der Waals surface area contributed by atoms with E-state index in [0.717, 1.165) is 0 Å². The zero-order chi connectivity index (χ0) is 9.62. The Balaban J connectivity index is 2.81. The van der Waals surface area contributed by atoms with Gasteiger partial charge in [0.25, 0.3) is 0 Å². The highest BCUT2D eigenvalue weighted by Gasteiger charge is 2.30. The first-order valence-electron chi connectivity index (χ1n) is 4.23. The van der Waals surface area contributed by atoms with Crippen LogP contribution in [0.25, 0.3) is 0 Å². The third kappa shape index (κ3) is 3.33. The van der Waals surface area contributed by atoms with Gasteiger partial charge in [-0.3, -0.25) is 0 Å². The first-order chi connectivity index (χ1) is 5.12. The molecule has 0 aliphatic carbocycles. The third-order valence-electron chi connectivity index (χ3n) is 1.79. The van der Waals surface area contributed by atoms with Crippen molar-refractivity contribution in [3.05, 3.63) is 0 Å². The lowest BCUT2D eigenvalue weighted by atomic mass is 10.6. The molecule has 6 heteroatoms. The molecule has 1 rings (SSSR count). The summed E-state index contributed by atoms with van der Waals surface area (Å²) >= 11 is 0. The van der Waals surface area contributed by atoms with Gasteiger partial charge in [0.1, 0.15) is 0 Å². The topological polar surface area (TPSA) is 0 Å². The van der Waals surface area contributed by atoms with E-state index in [1.54, 1.807) is 0 Å². The SMILES string of the molecule is C[P+]1(C)[B-][P+](C)(C)[B-][P+](C)(C)[B-]1. The van der Waals surface area contributed by atoms with E-state index < -0.39 is 21.1 Å². The summed E-state index contributed by atoms with van der Waals surface area (Å²) in [5.41, 5.74) is 0. The zero-order valence-electron chi connectivity index (χ0n) is 9.07. The van der Waals surface area contributed by atoms with E-state index in [-0.39, 0.29) is 0 Å². The van der Waals surface area contributed by atoms with Crippen molar-refractivity contribution in [3.63, 3.8) is 0 Å². The van der Waals surface area contributed by atoms with Gasteiger partial charge in [-0.05, 0) is 40.0 Å². The molecule has 1 heterocycles. The van der Waals surface area contributed by atoms with E-state index in [4.69, 9.17) is 0 Å². The van der Waals surface area contributed by atoms with Gasteiger partial charge in [0.2, 0.25) is 0 Å². The molecule has 1 fully saturated rings. The Morgan fingerprint density at radius 2 is 0.667 bits per heavy atom. The van der Waals surface area contributed by atoms with Crippen molar-refractivity contribution in [1.82, 2.24) is 0 Å². The highest BCUT2D eigenvalue weighted by Crippen LogP contribution is 2.80. The van der Waals surface area contributed by atoms with Gasteiger partial charge in [0.15, 0.2) is 0 Å². The zero-order valence-corrected chi connectivity index (χ0v) is 11.8. The van der Waals surface area contributed by atoms with Gasteiger partial charge in [-0.15, -0.1) is 0 Å². The summed E-state index contributed by atoms with van der Waals surface area (Å²) in [6.45, 7) is 22.7. The van der Waals surface area contributed by atoms with Crippen LogP contribution in [0.5, 0.6) is 0 Å². The summed E-state index contributed by atoms with van der Waals surface area (Å²) in [4.78, 5) is 0. The molecule has 0 aromatic carbocycles. The van der Waals surface area contributed by atoms with Gasteiger partial charge in [0, 0.05) is 0 Å². The minimum Gasteiger partial charge on any atom is -0.355 e. The van der Waals surface area contributed by atoms with Gasteiger partial charge in [-0.1, -0.05) is 0 Å². The van der Waals surface area contributed by atoms with Crippen molar-refractivity contribution < 1.29 is 0 Å². The van der Waals surface area contributed by atoms with Crippen LogP contribution in [0.1, 0.15) is 0 Å². The van der Waals surface area contributed by atoms with Crippen LogP contribution in [0.4, 0.5) is 0 Å². The minimum atomic E-state index is -0.762. The summed E-state index contributed by atoms with van der Waals surface area (Å²) in [6.07, 6.45) is 0. The number of hydrogen-bond donors (Lipinski definition) is 0. The molecule has 12 heavy (non-hydrogen) atoms. The van der Waals surface area contributed by atoms with Crippen molar-refractivity contribution in [3.8, 4) is 0 Å². The molecule has 0 amide bonds. The largest absolute Gasteiger partial charge is 0.355 e. The first-order valence-corrected chi connectivity index (χ1v) is 12.7. The predicted molar refractivity (Wildman–Crippen MR) is 73.6 cm³/mol. The molecular weight excluding hydrogens is 197 g/mol. The van der Waals surface area contributed by atoms with Gasteiger partial charge in [-0.25, -0.2) is 0 Å². The molecule has 66 valence electrons. The highest BCUT2D eigenvalue weighted by molar-refractivity contribution is 8.65. The van der Waals surface area contributed by atoms with Crippen molar-refractivity contribution in [2.75, 3.05) is 40.0 Å². The molecule has 0 spiro atoms. The van der Waals surface area contributed by atoms with E-state index in [0.29, 0.717) is 0 Å². The van der Waals surface area contributed by atoms with Crippen molar-refractivity contribution in [2.45, 2.75) is 0 Å². The fourth-order valence-corrected chi connectivity index (χ4v) is 23.1. The Kier molecular flexibility index (Phi) is 3.14. The van der Waals surface area contributed by atoms with Gasteiger partial charge >= 0.3 is 0 Å². The van der Waals surface area contributed by atoms with E-state index in [1.807, 2.05) is 0 Å².